The van der Waals surface area contributed by atoms with E-state index in [0.717, 1.165) is 6.42 Å². The van der Waals surface area contributed by atoms with Crippen molar-refractivity contribution in [3.63, 3.8) is 0 Å². The molecule has 1 N–H and O–H groups in total. The van der Waals surface area contributed by atoms with Crippen LogP contribution in [0.1, 0.15) is 19.8 Å². The van der Waals surface area contributed by atoms with Gasteiger partial charge in [-0.2, -0.15) is 4.89 Å². The average molecular weight is 160 g/mol. The summed E-state index contributed by atoms with van der Waals surface area (Å²) in [6, 6.07) is 0. The number of hydrogen-bond acceptors (Lipinski definition) is 3. The monoisotopic (exact) mass is 160 g/mol. The Morgan fingerprint density at radius 3 is 2.82 bits per heavy atom. The molecule has 0 fully saturated rings. The summed E-state index contributed by atoms with van der Waals surface area (Å²) in [5.41, 5.74) is 0. The van der Waals surface area contributed by atoms with Gasteiger partial charge in [0.25, 0.3) is 0 Å². The molecule has 1 unspecified atom stereocenters. The maximum absolute atomic E-state index is 9.84. The smallest absolute Gasteiger partial charge is 0.448 e. The van der Waals surface area contributed by atoms with Crippen LogP contribution < -0.4 is 0 Å². The summed E-state index contributed by atoms with van der Waals surface area (Å²) >= 11 is 0. The van der Waals surface area contributed by atoms with Gasteiger partial charge in [-0.15, -0.1) is 6.58 Å². The van der Waals surface area contributed by atoms with Gasteiger partial charge >= 0.3 is 6.16 Å². The first-order valence-corrected chi connectivity index (χ1v) is 3.39. The van der Waals surface area contributed by atoms with Gasteiger partial charge in [-0.25, -0.2) is 4.79 Å². The standard InChI is InChI=1S/C7H12O4/c1-3-5-6(4-2)10-11-7(8)9/h4,6H,2-3,5H2,1H3,(H,8,9). The number of hydrogen-bond donors (Lipinski definition) is 1. The summed E-state index contributed by atoms with van der Waals surface area (Å²) < 4.78 is 0. The van der Waals surface area contributed by atoms with Crippen LogP contribution in [0.3, 0.4) is 0 Å². The van der Waals surface area contributed by atoms with E-state index in [2.05, 4.69) is 16.4 Å². The largest absolute Gasteiger partial charge is 0.537 e. The van der Waals surface area contributed by atoms with Crippen LogP contribution >= 0.6 is 0 Å². The van der Waals surface area contributed by atoms with Crippen LogP contribution in [0.4, 0.5) is 4.79 Å². The highest BCUT2D eigenvalue weighted by molar-refractivity contribution is 5.55. The molecule has 0 saturated carbocycles. The molecule has 0 aliphatic carbocycles. The van der Waals surface area contributed by atoms with Gasteiger partial charge in [-0.1, -0.05) is 19.4 Å². The minimum Gasteiger partial charge on any atom is -0.448 e. The predicted octanol–water partition coefficient (Wildman–Crippen LogP) is 1.97. The molecule has 0 rings (SSSR count). The molecule has 1 atom stereocenters. The fourth-order valence-electron chi connectivity index (χ4n) is 0.593. The summed E-state index contributed by atoms with van der Waals surface area (Å²) in [5, 5.41) is 8.04. The van der Waals surface area contributed by atoms with Gasteiger partial charge in [-0.3, -0.25) is 4.89 Å². The van der Waals surface area contributed by atoms with Gasteiger partial charge in [0.15, 0.2) is 0 Å². The van der Waals surface area contributed by atoms with Gasteiger partial charge in [-0.05, 0) is 6.42 Å². The van der Waals surface area contributed by atoms with Crippen molar-refractivity contribution in [3.8, 4) is 0 Å². The number of carboxylic acid groups (broad SMARTS) is 1. The topological polar surface area (TPSA) is 55.8 Å². The normalized spacial score (nSPS) is 12.1. The third-order valence-corrected chi connectivity index (χ3v) is 1.08. The third-order valence-electron chi connectivity index (χ3n) is 1.08. The van der Waals surface area contributed by atoms with E-state index < -0.39 is 6.16 Å². The van der Waals surface area contributed by atoms with Crippen molar-refractivity contribution in [2.75, 3.05) is 0 Å². The lowest BCUT2D eigenvalue weighted by molar-refractivity contribution is -0.272. The van der Waals surface area contributed by atoms with E-state index in [-0.39, 0.29) is 6.10 Å². The SMILES string of the molecule is C=CC(CCC)OOC(=O)O. The Morgan fingerprint density at radius 1 is 1.82 bits per heavy atom. The van der Waals surface area contributed by atoms with E-state index in [4.69, 9.17) is 5.11 Å². The summed E-state index contributed by atoms with van der Waals surface area (Å²) in [4.78, 5) is 18.2. The molecule has 11 heavy (non-hydrogen) atoms. The number of carbonyl (C=O) groups is 1. The Hall–Kier alpha value is -1.03. The molecule has 64 valence electrons. The lowest BCUT2D eigenvalue weighted by atomic mass is 10.2. The fourth-order valence-corrected chi connectivity index (χ4v) is 0.593. The molecular formula is C7H12O4. The highest BCUT2D eigenvalue weighted by Gasteiger charge is 2.06. The zero-order valence-electron chi connectivity index (χ0n) is 6.45. The Balaban J connectivity index is 3.51. The summed E-state index contributed by atoms with van der Waals surface area (Å²) in [6.45, 7) is 5.42. The molecule has 0 aliphatic heterocycles. The van der Waals surface area contributed by atoms with Crippen molar-refractivity contribution < 1.29 is 19.7 Å². The molecule has 0 aromatic rings. The molecule has 0 aromatic heterocycles. The lowest BCUT2D eigenvalue weighted by Gasteiger charge is -2.07. The second kappa shape index (κ2) is 5.73. The third kappa shape index (κ3) is 5.42. The van der Waals surface area contributed by atoms with Gasteiger partial charge < -0.3 is 5.11 Å². The van der Waals surface area contributed by atoms with Crippen LogP contribution in [0.2, 0.25) is 0 Å². The summed E-state index contributed by atoms with van der Waals surface area (Å²) in [6.07, 6.45) is 1.33. The lowest BCUT2D eigenvalue weighted by Crippen LogP contribution is -2.12. The first-order valence-electron chi connectivity index (χ1n) is 3.39. The Bertz CT molecular complexity index is 132. The van der Waals surface area contributed by atoms with Crippen LogP contribution in [0, 0.1) is 0 Å². The van der Waals surface area contributed by atoms with Crippen LogP contribution in [0.5, 0.6) is 0 Å². The van der Waals surface area contributed by atoms with Gasteiger partial charge in [0.05, 0.1) is 0 Å². The average Bonchev–Trinajstić information content (AvgIpc) is 1.97. The minimum absolute atomic E-state index is 0.337. The number of rotatable bonds is 5. The minimum atomic E-state index is -1.44. The molecular weight excluding hydrogens is 148 g/mol. The van der Waals surface area contributed by atoms with Gasteiger partial charge in [0.2, 0.25) is 0 Å². The molecule has 0 heterocycles. The molecule has 0 amide bonds. The van der Waals surface area contributed by atoms with Crippen LogP contribution in [-0.4, -0.2) is 17.4 Å². The summed E-state index contributed by atoms with van der Waals surface area (Å²) in [7, 11) is 0. The van der Waals surface area contributed by atoms with E-state index in [1.165, 1.54) is 6.08 Å². The molecule has 4 heteroatoms. The van der Waals surface area contributed by atoms with Crippen molar-refractivity contribution in [1.82, 2.24) is 0 Å². The Labute approximate surface area is 65.4 Å². The van der Waals surface area contributed by atoms with Crippen LogP contribution in [0.15, 0.2) is 12.7 Å². The molecule has 0 bridgehead atoms. The second-order valence-electron chi connectivity index (χ2n) is 2.01. The zero-order chi connectivity index (χ0) is 8.69. The summed E-state index contributed by atoms with van der Waals surface area (Å²) in [5.74, 6) is 0. The molecule has 0 spiro atoms. The second-order valence-corrected chi connectivity index (χ2v) is 2.01. The van der Waals surface area contributed by atoms with Crippen molar-refractivity contribution in [1.29, 1.82) is 0 Å². The molecule has 0 saturated heterocycles. The zero-order valence-corrected chi connectivity index (χ0v) is 6.45. The molecule has 0 aliphatic rings. The van der Waals surface area contributed by atoms with Crippen molar-refractivity contribution in [3.05, 3.63) is 12.7 Å². The van der Waals surface area contributed by atoms with Crippen molar-refractivity contribution in [2.45, 2.75) is 25.9 Å². The first-order chi connectivity index (χ1) is 5.20. The van der Waals surface area contributed by atoms with E-state index in [1.807, 2.05) is 6.92 Å². The van der Waals surface area contributed by atoms with E-state index in [0.29, 0.717) is 6.42 Å². The fraction of sp³-hybridized carbons (Fsp3) is 0.571. The van der Waals surface area contributed by atoms with Crippen LogP contribution in [-0.2, 0) is 9.78 Å². The maximum atomic E-state index is 9.84. The Kier molecular flexibility index (Phi) is 5.20. The van der Waals surface area contributed by atoms with Crippen molar-refractivity contribution in [2.24, 2.45) is 0 Å². The first kappa shape index (κ1) is 9.97. The van der Waals surface area contributed by atoms with Gasteiger partial charge in [0, 0.05) is 0 Å². The van der Waals surface area contributed by atoms with Gasteiger partial charge in [0.1, 0.15) is 6.10 Å². The highest BCUT2D eigenvalue weighted by atomic mass is 17.2. The molecule has 4 nitrogen and oxygen atoms in total. The van der Waals surface area contributed by atoms with Crippen LogP contribution in [0.25, 0.3) is 0 Å². The molecule has 0 radical (unpaired) electrons. The van der Waals surface area contributed by atoms with Crippen molar-refractivity contribution >= 4 is 6.16 Å². The quantitative estimate of drug-likeness (QED) is 0.379. The van der Waals surface area contributed by atoms with E-state index in [9.17, 15) is 4.79 Å². The van der Waals surface area contributed by atoms with E-state index >= 15 is 0 Å². The molecule has 0 aromatic carbocycles. The Morgan fingerprint density at radius 2 is 2.45 bits per heavy atom. The van der Waals surface area contributed by atoms with E-state index in [1.54, 1.807) is 0 Å². The predicted molar refractivity (Wildman–Crippen MR) is 39.1 cm³/mol. The maximum Gasteiger partial charge on any atom is 0.537 e. The highest BCUT2D eigenvalue weighted by Crippen LogP contribution is 2.03.